The molecule has 1 saturated carbocycles. The lowest BCUT2D eigenvalue weighted by Crippen LogP contribution is -2.07. The number of alkyl halides is 1. The van der Waals surface area contributed by atoms with Crippen molar-refractivity contribution in [3.63, 3.8) is 0 Å². The van der Waals surface area contributed by atoms with E-state index in [0.717, 1.165) is 17.9 Å². The Morgan fingerprint density at radius 2 is 1.85 bits per heavy atom. The molecule has 0 bridgehead atoms. The van der Waals surface area contributed by atoms with E-state index in [-0.39, 0.29) is 6.10 Å². The fraction of sp³-hybridized carbons (Fsp3) is 0.667. The summed E-state index contributed by atoms with van der Waals surface area (Å²) in [4.78, 5) is 0. The molecule has 0 spiro atoms. The fourth-order valence-corrected chi connectivity index (χ4v) is 3.61. The monoisotopic (exact) mass is 338 g/mol. The van der Waals surface area contributed by atoms with Gasteiger partial charge in [0, 0.05) is 11.9 Å². The van der Waals surface area contributed by atoms with Crippen LogP contribution in [0.25, 0.3) is 0 Å². The highest BCUT2D eigenvalue weighted by atomic mass is 79.9. The quantitative estimate of drug-likeness (QED) is 0.418. The molecular weight excluding hydrogens is 312 g/mol. The van der Waals surface area contributed by atoms with E-state index >= 15 is 0 Å². The van der Waals surface area contributed by atoms with Crippen molar-refractivity contribution in [1.29, 1.82) is 0 Å². The largest absolute Gasteiger partial charge is 0.373 e. The number of halogens is 1. The molecule has 1 aliphatic carbocycles. The Labute approximate surface area is 132 Å². The normalized spacial score (nSPS) is 17.5. The Balaban J connectivity index is 1.89. The van der Waals surface area contributed by atoms with Gasteiger partial charge in [0.2, 0.25) is 0 Å². The summed E-state index contributed by atoms with van der Waals surface area (Å²) in [5.41, 5.74) is 2.82. The third-order valence-corrected chi connectivity index (χ3v) is 4.93. The van der Waals surface area contributed by atoms with Crippen LogP contribution in [-0.4, -0.2) is 11.9 Å². The summed E-state index contributed by atoms with van der Waals surface area (Å²) in [7, 11) is 0. The van der Waals surface area contributed by atoms with E-state index in [0.29, 0.717) is 0 Å². The number of benzene rings is 1. The molecule has 0 aliphatic heterocycles. The van der Waals surface area contributed by atoms with Crippen LogP contribution in [0.3, 0.4) is 0 Å². The lowest BCUT2D eigenvalue weighted by atomic mass is 9.96. The minimum Gasteiger partial charge on any atom is -0.373 e. The van der Waals surface area contributed by atoms with Crippen LogP contribution < -0.4 is 0 Å². The molecule has 1 aliphatic rings. The van der Waals surface area contributed by atoms with Crippen molar-refractivity contribution in [2.45, 2.75) is 63.9 Å². The zero-order valence-electron chi connectivity index (χ0n) is 12.6. The minimum atomic E-state index is 0.199. The Kier molecular flexibility index (Phi) is 7.09. The summed E-state index contributed by atoms with van der Waals surface area (Å²) in [6.45, 7) is 3.10. The van der Waals surface area contributed by atoms with Crippen LogP contribution in [0.2, 0.25) is 0 Å². The van der Waals surface area contributed by atoms with Gasteiger partial charge in [-0.25, -0.2) is 0 Å². The Bertz CT molecular complexity index is 368. The molecule has 0 radical (unpaired) electrons. The number of rotatable bonds is 8. The number of hydrogen-bond donors (Lipinski definition) is 0. The number of unbranched alkanes of at least 4 members (excludes halogenated alkanes) is 2. The van der Waals surface area contributed by atoms with Crippen LogP contribution >= 0.6 is 15.9 Å². The van der Waals surface area contributed by atoms with Crippen LogP contribution in [0, 0.1) is 0 Å². The highest BCUT2D eigenvalue weighted by Gasteiger charge is 2.17. The van der Waals surface area contributed by atoms with Crippen molar-refractivity contribution >= 4 is 15.9 Å². The molecule has 2 rings (SSSR count). The van der Waals surface area contributed by atoms with Crippen molar-refractivity contribution in [3.8, 4) is 0 Å². The van der Waals surface area contributed by atoms with Gasteiger partial charge in [-0.1, -0.05) is 72.8 Å². The fourth-order valence-electron chi connectivity index (χ4n) is 3.05. The average molecular weight is 339 g/mol. The van der Waals surface area contributed by atoms with Gasteiger partial charge in [0.15, 0.2) is 0 Å². The maximum Gasteiger partial charge on any atom is 0.0921 e. The lowest BCUT2D eigenvalue weighted by molar-refractivity contribution is 0.0670. The van der Waals surface area contributed by atoms with Crippen molar-refractivity contribution in [3.05, 3.63) is 35.4 Å². The Morgan fingerprint density at radius 1 is 1.15 bits per heavy atom. The lowest BCUT2D eigenvalue weighted by Gasteiger charge is -2.17. The summed E-state index contributed by atoms with van der Waals surface area (Å²) >= 11 is 3.58. The summed E-state index contributed by atoms with van der Waals surface area (Å²) < 4.78 is 6.00. The van der Waals surface area contributed by atoms with Gasteiger partial charge in [-0.3, -0.25) is 0 Å². The van der Waals surface area contributed by atoms with Crippen molar-refractivity contribution < 1.29 is 4.74 Å². The van der Waals surface area contributed by atoms with Gasteiger partial charge in [-0.2, -0.15) is 0 Å². The van der Waals surface area contributed by atoms with Crippen molar-refractivity contribution in [1.82, 2.24) is 0 Å². The highest BCUT2D eigenvalue weighted by Crippen LogP contribution is 2.34. The zero-order valence-corrected chi connectivity index (χ0v) is 14.2. The van der Waals surface area contributed by atoms with Crippen LogP contribution in [0.5, 0.6) is 0 Å². The first-order valence-electron chi connectivity index (χ1n) is 8.12. The van der Waals surface area contributed by atoms with Gasteiger partial charge >= 0.3 is 0 Å². The van der Waals surface area contributed by atoms with Crippen LogP contribution in [-0.2, 0) is 4.74 Å². The number of hydrogen-bond acceptors (Lipinski definition) is 1. The maximum atomic E-state index is 6.00. The van der Waals surface area contributed by atoms with Crippen LogP contribution in [0.15, 0.2) is 24.3 Å². The summed E-state index contributed by atoms with van der Waals surface area (Å²) in [6, 6.07) is 9.16. The zero-order chi connectivity index (χ0) is 14.2. The summed E-state index contributed by atoms with van der Waals surface area (Å²) in [5, 5.41) is 0.877. The average Bonchev–Trinajstić information content (AvgIpc) is 3.02. The minimum absolute atomic E-state index is 0.199. The van der Waals surface area contributed by atoms with E-state index in [1.165, 1.54) is 56.1 Å². The molecule has 1 atom stereocenters. The third-order valence-electron chi connectivity index (χ3n) is 4.34. The molecule has 1 nitrogen and oxygen atoms in total. The predicted octanol–water partition coefficient (Wildman–Crippen LogP) is 5.99. The molecule has 1 fully saturated rings. The van der Waals surface area contributed by atoms with E-state index in [1.54, 1.807) is 0 Å². The molecule has 0 amide bonds. The first-order valence-corrected chi connectivity index (χ1v) is 9.24. The summed E-state index contributed by atoms with van der Waals surface area (Å²) in [6.07, 6.45) is 9.41. The molecular formula is C18H27BrO. The van der Waals surface area contributed by atoms with Crippen molar-refractivity contribution in [2.75, 3.05) is 11.9 Å². The molecule has 1 unspecified atom stereocenters. The van der Waals surface area contributed by atoms with E-state index in [2.05, 4.69) is 47.1 Å². The van der Waals surface area contributed by atoms with Gasteiger partial charge in [-0.15, -0.1) is 0 Å². The topological polar surface area (TPSA) is 9.23 Å². The van der Waals surface area contributed by atoms with E-state index in [9.17, 15) is 0 Å². The van der Waals surface area contributed by atoms with Gasteiger partial charge in [0.1, 0.15) is 0 Å². The predicted molar refractivity (Wildman–Crippen MR) is 89.7 cm³/mol. The molecule has 2 heteroatoms. The van der Waals surface area contributed by atoms with E-state index in [1.807, 2.05) is 0 Å². The molecule has 1 aromatic carbocycles. The number of ether oxygens (including phenoxy) is 1. The Morgan fingerprint density at radius 3 is 2.45 bits per heavy atom. The second kappa shape index (κ2) is 8.84. The van der Waals surface area contributed by atoms with E-state index < -0.39 is 0 Å². The van der Waals surface area contributed by atoms with Crippen LogP contribution in [0.1, 0.15) is 75.0 Å². The molecule has 112 valence electrons. The van der Waals surface area contributed by atoms with Gasteiger partial charge < -0.3 is 4.74 Å². The van der Waals surface area contributed by atoms with Gasteiger partial charge in [-0.05, 0) is 36.3 Å². The molecule has 0 N–H and O–H groups in total. The smallest absolute Gasteiger partial charge is 0.0921 e. The second-order valence-electron chi connectivity index (χ2n) is 5.87. The third kappa shape index (κ3) is 4.60. The van der Waals surface area contributed by atoms with Crippen molar-refractivity contribution in [2.24, 2.45) is 0 Å². The molecule has 0 saturated heterocycles. The first-order chi connectivity index (χ1) is 9.85. The summed E-state index contributed by atoms with van der Waals surface area (Å²) in [5.74, 6) is 0.803. The Hall–Kier alpha value is -0.340. The molecule has 0 aromatic heterocycles. The highest BCUT2D eigenvalue weighted by molar-refractivity contribution is 9.09. The maximum absolute atomic E-state index is 6.00. The molecule has 20 heavy (non-hydrogen) atoms. The molecule has 0 heterocycles. The van der Waals surface area contributed by atoms with Gasteiger partial charge in [0.05, 0.1) is 6.10 Å². The SMILES string of the molecule is CCCCCOC(CBr)c1ccc(C2CCCC2)cc1. The standard InChI is InChI=1S/C18H27BrO/c1-2-3-6-13-20-18(14-19)17-11-9-16(10-12-17)15-7-4-5-8-15/h9-12,15,18H,2-8,13-14H2,1H3. The van der Waals surface area contributed by atoms with Crippen LogP contribution in [0.4, 0.5) is 0 Å². The van der Waals surface area contributed by atoms with E-state index in [4.69, 9.17) is 4.74 Å². The second-order valence-corrected chi connectivity index (χ2v) is 6.52. The first kappa shape index (κ1) is 16.0. The van der Waals surface area contributed by atoms with Gasteiger partial charge in [0.25, 0.3) is 0 Å². The molecule has 1 aromatic rings.